The Labute approximate surface area is 150 Å². The van der Waals surface area contributed by atoms with Crippen molar-refractivity contribution in [2.45, 2.75) is 0 Å². The smallest absolute Gasteiger partial charge is 0.317 e. The maximum Gasteiger partial charge on any atom is 0.317 e. The van der Waals surface area contributed by atoms with Crippen molar-refractivity contribution < 1.29 is 9.53 Å². The summed E-state index contributed by atoms with van der Waals surface area (Å²) in [6.45, 7) is 2.49. The van der Waals surface area contributed by atoms with Crippen LogP contribution >= 0.6 is 0 Å². The zero-order valence-corrected chi connectivity index (χ0v) is 14.3. The SMILES string of the molecule is COc1cccc(N(CCN2CCNC2=O)c2ncc3[nH]cnc3n2)c1. The summed E-state index contributed by atoms with van der Waals surface area (Å²) in [6, 6.07) is 7.64. The number of fused-ring (bicyclic) bond motifs is 1. The van der Waals surface area contributed by atoms with Crippen molar-refractivity contribution in [3.8, 4) is 5.75 Å². The molecule has 1 aliphatic heterocycles. The second-order valence-electron chi connectivity index (χ2n) is 5.88. The standard InChI is InChI=1S/C17H19N7O2/c1-26-13-4-2-3-12(9-13)24(8-7-23-6-5-18-17(23)25)16-19-10-14-15(22-16)21-11-20-14/h2-4,9-11H,5-8H2,1H3,(H,18,25)(H,19,20,21,22). The molecule has 0 saturated carbocycles. The van der Waals surface area contributed by atoms with Gasteiger partial charge in [0.25, 0.3) is 0 Å². The summed E-state index contributed by atoms with van der Waals surface area (Å²) >= 11 is 0. The number of amides is 2. The number of imidazole rings is 1. The Hall–Kier alpha value is -3.36. The van der Waals surface area contributed by atoms with Gasteiger partial charge >= 0.3 is 6.03 Å². The summed E-state index contributed by atoms with van der Waals surface area (Å²) in [5, 5.41) is 2.81. The number of benzene rings is 1. The molecule has 2 aromatic heterocycles. The molecule has 3 aromatic rings. The van der Waals surface area contributed by atoms with Gasteiger partial charge in [-0.2, -0.15) is 4.98 Å². The van der Waals surface area contributed by atoms with Gasteiger partial charge in [-0.3, -0.25) is 0 Å². The minimum Gasteiger partial charge on any atom is -0.497 e. The third-order valence-electron chi connectivity index (χ3n) is 4.31. The van der Waals surface area contributed by atoms with E-state index in [-0.39, 0.29) is 6.03 Å². The Kier molecular flexibility index (Phi) is 4.26. The molecule has 3 heterocycles. The fourth-order valence-corrected chi connectivity index (χ4v) is 2.93. The lowest BCUT2D eigenvalue weighted by Gasteiger charge is -2.25. The molecule has 9 nitrogen and oxygen atoms in total. The van der Waals surface area contributed by atoms with Crippen LogP contribution in [-0.2, 0) is 0 Å². The van der Waals surface area contributed by atoms with Gasteiger partial charge in [-0.1, -0.05) is 6.07 Å². The van der Waals surface area contributed by atoms with Crippen molar-refractivity contribution in [2.24, 2.45) is 0 Å². The maximum atomic E-state index is 11.8. The first-order chi connectivity index (χ1) is 12.7. The zero-order valence-electron chi connectivity index (χ0n) is 14.3. The monoisotopic (exact) mass is 353 g/mol. The number of anilines is 2. The average molecular weight is 353 g/mol. The minimum atomic E-state index is -0.0423. The summed E-state index contributed by atoms with van der Waals surface area (Å²) in [5.74, 6) is 1.27. The van der Waals surface area contributed by atoms with Crippen LogP contribution in [0.2, 0.25) is 0 Å². The highest BCUT2D eigenvalue weighted by Crippen LogP contribution is 2.26. The molecule has 0 atom stereocenters. The number of ether oxygens (including phenoxy) is 1. The van der Waals surface area contributed by atoms with Crippen molar-refractivity contribution >= 4 is 28.8 Å². The lowest BCUT2D eigenvalue weighted by molar-refractivity contribution is 0.218. The van der Waals surface area contributed by atoms with E-state index in [0.29, 0.717) is 37.8 Å². The van der Waals surface area contributed by atoms with E-state index in [9.17, 15) is 4.79 Å². The Bertz CT molecular complexity index is 926. The van der Waals surface area contributed by atoms with Gasteiger partial charge in [-0.15, -0.1) is 0 Å². The van der Waals surface area contributed by atoms with Crippen LogP contribution < -0.4 is 15.0 Å². The highest BCUT2D eigenvalue weighted by molar-refractivity contribution is 5.76. The van der Waals surface area contributed by atoms with Crippen molar-refractivity contribution in [2.75, 3.05) is 38.2 Å². The van der Waals surface area contributed by atoms with E-state index in [2.05, 4.69) is 25.3 Å². The normalized spacial score (nSPS) is 13.9. The second kappa shape index (κ2) is 6.87. The second-order valence-corrected chi connectivity index (χ2v) is 5.88. The Morgan fingerprint density at radius 2 is 2.27 bits per heavy atom. The minimum absolute atomic E-state index is 0.0423. The van der Waals surface area contributed by atoms with Crippen LogP contribution in [0.3, 0.4) is 0 Å². The molecule has 0 spiro atoms. The third kappa shape index (κ3) is 3.10. The molecule has 4 rings (SSSR count). The predicted molar refractivity (Wildman–Crippen MR) is 96.7 cm³/mol. The number of H-pyrrole nitrogens is 1. The predicted octanol–water partition coefficient (Wildman–Crippen LogP) is 1.52. The summed E-state index contributed by atoms with van der Waals surface area (Å²) < 4.78 is 5.33. The number of hydrogen-bond acceptors (Lipinski definition) is 6. The topological polar surface area (TPSA) is 99.3 Å². The van der Waals surface area contributed by atoms with Gasteiger partial charge in [-0.05, 0) is 12.1 Å². The van der Waals surface area contributed by atoms with E-state index < -0.39 is 0 Å². The molecular formula is C17H19N7O2. The number of methoxy groups -OCH3 is 1. The number of carbonyl (C=O) groups excluding carboxylic acids is 1. The van der Waals surface area contributed by atoms with Crippen LogP contribution in [0.4, 0.5) is 16.4 Å². The van der Waals surface area contributed by atoms with Gasteiger partial charge in [0.05, 0.1) is 19.6 Å². The molecule has 0 radical (unpaired) electrons. The van der Waals surface area contributed by atoms with E-state index >= 15 is 0 Å². The molecule has 1 aliphatic rings. The summed E-state index contributed by atoms with van der Waals surface area (Å²) in [4.78, 5) is 31.8. The van der Waals surface area contributed by atoms with Gasteiger partial charge < -0.3 is 24.8 Å². The number of nitrogens with one attached hydrogen (secondary N) is 2. The number of rotatable bonds is 6. The molecule has 26 heavy (non-hydrogen) atoms. The first-order valence-electron chi connectivity index (χ1n) is 8.35. The molecule has 1 aromatic carbocycles. The molecule has 0 bridgehead atoms. The first-order valence-corrected chi connectivity index (χ1v) is 8.35. The molecule has 2 N–H and O–H groups in total. The zero-order chi connectivity index (χ0) is 17.9. The van der Waals surface area contributed by atoms with Crippen LogP contribution in [0.15, 0.2) is 36.8 Å². The summed E-state index contributed by atoms with van der Waals surface area (Å²) in [7, 11) is 1.63. The quantitative estimate of drug-likeness (QED) is 0.697. The first kappa shape index (κ1) is 16.1. The Balaban J connectivity index is 1.66. The number of aromatic amines is 1. The van der Waals surface area contributed by atoms with E-state index in [1.165, 1.54) is 0 Å². The maximum absolute atomic E-state index is 11.8. The molecule has 2 amide bonds. The molecule has 134 valence electrons. The number of hydrogen-bond donors (Lipinski definition) is 2. The number of urea groups is 1. The lowest BCUT2D eigenvalue weighted by Crippen LogP contribution is -2.35. The summed E-state index contributed by atoms with van der Waals surface area (Å²) in [6.07, 6.45) is 3.30. The van der Waals surface area contributed by atoms with Crippen molar-refractivity contribution in [1.29, 1.82) is 0 Å². The van der Waals surface area contributed by atoms with Gasteiger partial charge in [-0.25, -0.2) is 14.8 Å². The van der Waals surface area contributed by atoms with Crippen LogP contribution in [0, 0.1) is 0 Å². The van der Waals surface area contributed by atoms with E-state index in [1.807, 2.05) is 29.2 Å². The highest BCUT2D eigenvalue weighted by Gasteiger charge is 2.22. The average Bonchev–Trinajstić information content (AvgIpc) is 3.30. The van der Waals surface area contributed by atoms with Crippen molar-refractivity contribution in [3.63, 3.8) is 0 Å². The van der Waals surface area contributed by atoms with Crippen molar-refractivity contribution in [3.05, 3.63) is 36.8 Å². The van der Waals surface area contributed by atoms with E-state index in [4.69, 9.17) is 4.74 Å². The number of nitrogens with zero attached hydrogens (tertiary/aromatic N) is 5. The van der Waals surface area contributed by atoms with Gasteiger partial charge in [0.2, 0.25) is 5.95 Å². The molecule has 9 heteroatoms. The molecule has 0 unspecified atom stereocenters. The lowest BCUT2D eigenvalue weighted by atomic mass is 10.2. The molecular weight excluding hydrogens is 334 g/mol. The van der Waals surface area contributed by atoms with E-state index in [0.717, 1.165) is 17.0 Å². The van der Waals surface area contributed by atoms with E-state index in [1.54, 1.807) is 24.5 Å². The molecule has 1 fully saturated rings. The van der Waals surface area contributed by atoms with Crippen molar-refractivity contribution in [1.82, 2.24) is 30.2 Å². The Morgan fingerprint density at radius 1 is 1.35 bits per heavy atom. The highest BCUT2D eigenvalue weighted by atomic mass is 16.5. The fraction of sp³-hybridized carbons (Fsp3) is 0.294. The third-order valence-corrected chi connectivity index (χ3v) is 4.31. The largest absolute Gasteiger partial charge is 0.497 e. The van der Waals surface area contributed by atoms with Gasteiger partial charge in [0.15, 0.2) is 5.65 Å². The number of aromatic nitrogens is 4. The van der Waals surface area contributed by atoms with Gasteiger partial charge in [0.1, 0.15) is 11.3 Å². The van der Waals surface area contributed by atoms with Gasteiger partial charge in [0, 0.05) is 37.9 Å². The van der Waals surface area contributed by atoms with Crippen LogP contribution in [-0.4, -0.2) is 64.2 Å². The summed E-state index contributed by atoms with van der Waals surface area (Å²) in [5.41, 5.74) is 2.26. The van der Waals surface area contributed by atoms with Crippen LogP contribution in [0.5, 0.6) is 5.75 Å². The van der Waals surface area contributed by atoms with Crippen LogP contribution in [0.1, 0.15) is 0 Å². The Morgan fingerprint density at radius 3 is 3.08 bits per heavy atom. The fourth-order valence-electron chi connectivity index (χ4n) is 2.93. The van der Waals surface area contributed by atoms with Crippen LogP contribution in [0.25, 0.3) is 11.2 Å². The molecule has 0 aliphatic carbocycles. The molecule has 1 saturated heterocycles. The number of carbonyl (C=O) groups is 1.